The summed E-state index contributed by atoms with van der Waals surface area (Å²) in [6.45, 7) is 2.16. The lowest BCUT2D eigenvalue weighted by molar-refractivity contribution is -0.121. The number of hydrogen-bond donors (Lipinski definition) is 2. The van der Waals surface area contributed by atoms with Crippen LogP contribution in [0.4, 0.5) is 5.82 Å². The van der Waals surface area contributed by atoms with E-state index in [1.165, 1.54) is 0 Å². The Bertz CT molecular complexity index is 447. The van der Waals surface area contributed by atoms with E-state index in [4.69, 9.17) is 17.3 Å². The standard InChI is InChI=1S/C13H19ClN4O.2ClH/c14-11-3-2-7-16-13(11)18-8-5-10(9-18)17-12(19)4-1-6-15;;/h2-3,7,10H,1,4-6,8-9,15H2,(H,17,19);2*1H. The van der Waals surface area contributed by atoms with E-state index in [1.807, 2.05) is 12.1 Å². The van der Waals surface area contributed by atoms with Gasteiger partial charge in [0.2, 0.25) is 5.91 Å². The molecular formula is C13H21Cl3N4O. The van der Waals surface area contributed by atoms with Crippen LogP contribution in [0.1, 0.15) is 19.3 Å². The number of nitrogens with two attached hydrogens (primary N) is 1. The Morgan fingerprint density at radius 1 is 1.52 bits per heavy atom. The third-order valence-corrected chi connectivity index (χ3v) is 3.49. The summed E-state index contributed by atoms with van der Waals surface area (Å²) >= 11 is 6.12. The fraction of sp³-hybridized carbons (Fsp3) is 0.538. The van der Waals surface area contributed by atoms with Gasteiger partial charge in [-0.2, -0.15) is 0 Å². The summed E-state index contributed by atoms with van der Waals surface area (Å²) in [5, 5.41) is 3.68. The monoisotopic (exact) mass is 354 g/mol. The van der Waals surface area contributed by atoms with Crippen molar-refractivity contribution in [1.82, 2.24) is 10.3 Å². The van der Waals surface area contributed by atoms with Crippen LogP contribution in [-0.4, -0.2) is 36.6 Å². The highest BCUT2D eigenvalue weighted by Gasteiger charge is 2.25. The minimum Gasteiger partial charge on any atom is -0.353 e. The van der Waals surface area contributed by atoms with Gasteiger partial charge >= 0.3 is 0 Å². The maximum atomic E-state index is 11.6. The third-order valence-electron chi connectivity index (χ3n) is 3.20. The van der Waals surface area contributed by atoms with Crippen molar-refractivity contribution in [3.63, 3.8) is 0 Å². The van der Waals surface area contributed by atoms with E-state index in [0.29, 0.717) is 18.0 Å². The van der Waals surface area contributed by atoms with Crippen LogP contribution in [0.5, 0.6) is 0 Å². The minimum absolute atomic E-state index is 0. The van der Waals surface area contributed by atoms with Gasteiger partial charge in [-0.05, 0) is 31.5 Å². The number of rotatable bonds is 5. The van der Waals surface area contributed by atoms with E-state index in [1.54, 1.807) is 6.20 Å². The number of halogens is 3. The first-order valence-electron chi connectivity index (χ1n) is 6.55. The summed E-state index contributed by atoms with van der Waals surface area (Å²) in [6.07, 6.45) is 3.88. The number of carbonyl (C=O) groups excluding carboxylic acids is 1. The van der Waals surface area contributed by atoms with Gasteiger partial charge in [-0.3, -0.25) is 4.79 Å². The van der Waals surface area contributed by atoms with Gasteiger partial charge in [0.25, 0.3) is 0 Å². The molecule has 1 saturated heterocycles. The summed E-state index contributed by atoms with van der Waals surface area (Å²) in [4.78, 5) is 18.0. The predicted octanol–water partition coefficient (Wildman–Crippen LogP) is 2.01. The summed E-state index contributed by atoms with van der Waals surface area (Å²) in [5.74, 6) is 0.868. The molecular weight excluding hydrogens is 335 g/mol. The Hall–Kier alpha value is -0.750. The van der Waals surface area contributed by atoms with E-state index in [2.05, 4.69) is 15.2 Å². The van der Waals surface area contributed by atoms with Crippen LogP contribution >= 0.6 is 36.4 Å². The zero-order chi connectivity index (χ0) is 13.7. The quantitative estimate of drug-likeness (QED) is 0.847. The summed E-state index contributed by atoms with van der Waals surface area (Å²) < 4.78 is 0. The molecule has 0 bridgehead atoms. The average Bonchev–Trinajstić information content (AvgIpc) is 2.85. The third kappa shape index (κ3) is 5.87. The highest BCUT2D eigenvalue weighted by molar-refractivity contribution is 6.32. The van der Waals surface area contributed by atoms with Crippen LogP contribution in [0.25, 0.3) is 0 Å². The fourth-order valence-corrected chi connectivity index (χ4v) is 2.48. The Morgan fingerprint density at radius 3 is 2.95 bits per heavy atom. The number of pyridine rings is 1. The molecule has 0 aliphatic carbocycles. The normalized spacial score (nSPS) is 16.9. The number of aromatic nitrogens is 1. The molecule has 1 aliphatic rings. The van der Waals surface area contributed by atoms with Gasteiger partial charge in [0.1, 0.15) is 5.82 Å². The van der Waals surface area contributed by atoms with Gasteiger partial charge in [0.05, 0.1) is 5.02 Å². The molecule has 2 rings (SSSR count). The molecule has 8 heteroatoms. The second-order valence-electron chi connectivity index (χ2n) is 4.70. The molecule has 1 atom stereocenters. The highest BCUT2D eigenvalue weighted by Crippen LogP contribution is 2.25. The van der Waals surface area contributed by atoms with Crippen molar-refractivity contribution >= 4 is 48.1 Å². The lowest BCUT2D eigenvalue weighted by atomic mass is 10.2. The summed E-state index contributed by atoms with van der Waals surface area (Å²) in [7, 11) is 0. The first kappa shape index (κ1) is 20.2. The van der Waals surface area contributed by atoms with Crippen molar-refractivity contribution in [2.75, 3.05) is 24.5 Å². The van der Waals surface area contributed by atoms with Gasteiger partial charge in [-0.15, -0.1) is 24.8 Å². The van der Waals surface area contributed by atoms with E-state index < -0.39 is 0 Å². The molecule has 2 heterocycles. The zero-order valence-corrected chi connectivity index (χ0v) is 14.0. The molecule has 120 valence electrons. The van der Waals surface area contributed by atoms with Gasteiger partial charge in [-0.1, -0.05) is 11.6 Å². The van der Waals surface area contributed by atoms with E-state index in [-0.39, 0.29) is 36.8 Å². The smallest absolute Gasteiger partial charge is 0.220 e. The maximum Gasteiger partial charge on any atom is 0.220 e. The van der Waals surface area contributed by atoms with Crippen LogP contribution in [-0.2, 0) is 4.79 Å². The van der Waals surface area contributed by atoms with Crippen molar-refractivity contribution in [2.24, 2.45) is 5.73 Å². The minimum atomic E-state index is 0. The topological polar surface area (TPSA) is 71.2 Å². The Kier molecular flexibility index (Phi) is 9.70. The Balaban J connectivity index is 0.00000200. The molecule has 1 aromatic heterocycles. The summed E-state index contributed by atoms with van der Waals surface area (Å²) in [6, 6.07) is 3.81. The lowest BCUT2D eigenvalue weighted by Crippen LogP contribution is -2.37. The van der Waals surface area contributed by atoms with Crippen molar-refractivity contribution in [2.45, 2.75) is 25.3 Å². The highest BCUT2D eigenvalue weighted by atomic mass is 35.5. The summed E-state index contributed by atoms with van der Waals surface area (Å²) in [5.41, 5.74) is 5.39. The molecule has 0 saturated carbocycles. The number of hydrogen-bond acceptors (Lipinski definition) is 4. The Morgan fingerprint density at radius 2 is 2.29 bits per heavy atom. The molecule has 0 aromatic carbocycles. The SMILES string of the molecule is Cl.Cl.NCCCC(=O)NC1CCN(c2ncccc2Cl)C1. The molecule has 0 spiro atoms. The fourth-order valence-electron chi connectivity index (χ4n) is 2.24. The van der Waals surface area contributed by atoms with Crippen LogP contribution in [0.2, 0.25) is 5.02 Å². The molecule has 1 aromatic rings. The number of nitrogens with one attached hydrogen (secondary N) is 1. The van der Waals surface area contributed by atoms with Crippen molar-refractivity contribution in [1.29, 1.82) is 0 Å². The average molecular weight is 356 g/mol. The molecule has 1 aliphatic heterocycles. The first-order chi connectivity index (χ1) is 9.20. The molecule has 5 nitrogen and oxygen atoms in total. The molecule has 1 fully saturated rings. The van der Waals surface area contributed by atoms with E-state index in [0.717, 1.165) is 31.7 Å². The molecule has 1 amide bonds. The maximum absolute atomic E-state index is 11.6. The predicted molar refractivity (Wildman–Crippen MR) is 90.8 cm³/mol. The lowest BCUT2D eigenvalue weighted by Gasteiger charge is -2.18. The molecule has 1 unspecified atom stereocenters. The number of amides is 1. The van der Waals surface area contributed by atoms with Crippen molar-refractivity contribution < 1.29 is 4.79 Å². The van der Waals surface area contributed by atoms with Crippen LogP contribution in [0, 0.1) is 0 Å². The number of anilines is 1. The van der Waals surface area contributed by atoms with Crippen LogP contribution in [0.15, 0.2) is 18.3 Å². The zero-order valence-electron chi connectivity index (χ0n) is 11.6. The first-order valence-corrected chi connectivity index (χ1v) is 6.93. The largest absolute Gasteiger partial charge is 0.353 e. The van der Waals surface area contributed by atoms with Gasteiger partial charge in [0, 0.05) is 31.7 Å². The number of nitrogens with zero attached hydrogens (tertiary/aromatic N) is 2. The molecule has 0 radical (unpaired) electrons. The second-order valence-corrected chi connectivity index (χ2v) is 5.11. The molecule has 3 N–H and O–H groups in total. The van der Waals surface area contributed by atoms with Gasteiger partial charge in [-0.25, -0.2) is 4.98 Å². The Labute approximate surface area is 142 Å². The van der Waals surface area contributed by atoms with Crippen LogP contribution in [0.3, 0.4) is 0 Å². The van der Waals surface area contributed by atoms with E-state index >= 15 is 0 Å². The van der Waals surface area contributed by atoms with Crippen LogP contribution < -0.4 is 16.0 Å². The van der Waals surface area contributed by atoms with Crippen molar-refractivity contribution in [3.05, 3.63) is 23.4 Å². The van der Waals surface area contributed by atoms with E-state index in [9.17, 15) is 4.79 Å². The second kappa shape index (κ2) is 10.1. The molecule has 21 heavy (non-hydrogen) atoms. The van der Waals surface area contributed by atoms with Crippen molar-refractivity contribution in [3.8, 4) is 0 Å². The number of carbonyl (C=O) groups is 1. The van der Waals surface area contributed by atoms with Gasteiger partial charge in [0.15, 0.2) is 0 Å². The van der Waals surface area contributed by atoms with Gasteiger partial charge < -0.3 is 16.0 Å².